The topological polar surface area (TPSA) is 52.8 Å². The van der Waals surface area contributed by atoms with Crippen molar-refractivity contribution in [2.75, 3.05) is 31.1 Å². The lowest BCUT2D eigenvalue weighted by atomic mass is 10.3. The Balaban J connectivity index is 2.30. The van der Waals surface area contributed by atoms with Gasteiger partial charge in [-0.1, -0.05) is 20.3 Å². The van der Waals surface area contributed by atoms with Gasteiger partial charge in [0.05, 0.1) is 12.3 Å². The number of anilines is 1. The van der Waals surface area contributed by atoms with Crippen molar-refractivity contribution in [2.24, 2.45) is 0 Å². The zero-order valence-electron chi connectivity index (χ0n) is 12.3. The number of nitrogens with zero attached hydrogens (tertiary/aromatic N) is 3. The van der Waals surface area contributed by atoms with Crippen LogP contribution >= 0.6 is 11.3 Å². The Kier molecular flexibility index (Phi) is 5.82. The number of aliphatic hydroxyl groups excluding tert-OH is 1. The molecule has 112 valence electrons. The van der Waals surface area contributed by atoms with Crippen LogP contribution in [-0.4, -0.2) is 40.7 Å². The second-order valence-electron chi connectivity index (χ2n) is 4.78. The Labute approximate surface area is 124 Å². The summed E-state index contributed by atoms with van der Waals surface area (Å²) in [5, 5.41) is 14.7. The molecule has 6 heteroatoms. The van der Waals surface area contributed by atoms with Crippen LogP contribution in [0.1, 0.15) is 32.4 Å². The van der Waals surface area contributed by atoms with Gasteiger partial charge in [-0.2, -0.15) is 0 Å². The summed E-state index contributed by atoms with van der Waals surface area (Å²) in [5.41, 5.74) is 1.19. The van der Waals surface area contributed by atoms with Crippen molar-refractivity contribution in [3.63, 3.8) is 0 Å². The Morgan fingerprint density at radius 3 is 2.95 bits per heavy atom. The van der Waals surface area contributed by atoms with Gasteiger partial charge in [-0.25, -0.2) is 4.98 Å². The van der Waals surface area contributed by atoms with Crippen LogP contribution in [0.25, 0.3) is 4.96 Å². The van der Waals surface area contributed by atoms with E-state index in [4.69, 9.17) is 4.98 Å². The van der Waals surface area contributed by atoms with E-state index in [9.17, 15) is 5.11 Å². The molecule has 0 aliphatic heterocycles. The normalized spacial score (nSPS) is 11.3. The maximum atomic E-state index is 9.30. The first-order chi connectivity index (χ1) is 9.81. The SMILES string of the molecule is CCCCN(CCO)c1nc2sccn2c1CNCC. The third-order valence-corrected chi connectivity index (χ3v) is 4.09. The minimum absolute atomic E-state index is 0.162. The fraction of sp³-hybridized carbons (Fsp3) is 0.643. The van der Waals surface area contributed by atoms with Gasteiger partial charge in [0, 0.05) is 31.2 Å². The zero-order valence-corrected chi connectivity index (χ0v) is 13.1. The summed E-state index contributed by atoms with van der Waals surface area (Å²) in [4.78, 5) is 7.98. The van der Waals surface area contributed by atoms with Gasteiger partial charge in [-0.05, 0) is 13.0 Å². The van der Waals surface area contributed by atoms with Crippen molar-refractivity contribution in [3.05, 3.63) is 17.3 Å². The molecule has 5 nitrogen and oxygen atoms in total. The average Bonchev–Trinajstić information content (AvgIpc) is 3.02. The number of aromatic nitrogens is 2. The summed E-state index contributed by atoms with van der Waals surface area (Å²) in [7, 11) is 0. The average molecular weight is 296 g/mol. The molecule has 2 aromatic rings. The molecule has 2 heterocycles. The van der Waals surface area contributed by atoms with Crippen LogP contribution in [0.3, 0.4) is 0 Å². The number of hydrogen-bond acceptors (Lipinski definition) is 5. The Morgan fingerprint density at radius 1 is 1.40 bits per heavy atom. The second kappa shape index (κ2) is 7.61. The third-order valence-electron chi connectivity index (χ3n) is 3.33. The van der Waals surface area contributed by atoms with Crippen molar-refractivity contribution in [1.82, 2.24) is 14.7 Å². The third kappa shape index (κ3) is 3.31. The largest absolute Gasteiger partial charge is 0.395 e. The summed E-state index contributed by atoms with van der Waals surface area (Å²) < 4.78 is 2.15. The van der Waals surface area contributed by atoms with Crippen molar-refractivity contribution >= 4 is 22.1 Å². The monoisotopic (exact) mass is 296 g/mol. The molecular weight excluding hydrogens is 272 g/mol. The van der Waals surface area contributed by atoms with Crippen molar-refractivity contribution in [1.29, 1.82) is 0 Å². The van der Waals surface area contributed by atoms with Crippen LogP contribution < -0.4 is 10.2 Å². The Bertz CT molecular complexity index is 522. The molecule has 0 amide bonds. The van der Waals surface area contributed by atoms with Crippen molar-refractivity contribution < 1.29 is 5.11 Å². The number of rotatable bonds is 9. The highest BCUT2D eigenvalue weighted by Gasteiger charge is 2.18. The van der Waals surface area contributed by atoms with Gasteiger partial charge < -0.3 is 15.3 Å². The summed E-state index contributed by atoms with van der Waals surface area (Å²) in [6.45, 7) is 7.78. The molecule has 0 radical (unpaired) electrons. The predicted molar refractivity (Wildman–Crippen MR) is 84.7 cm³/mol. The fourth-order valence-corrected chi connectivity index (χ4v) is 3.00. The number of fused-ring (bicyclic) bond motifs is 1. The highest BCUT2D eigenvalue weighted by Crippen LogP contribution is 2.25. The van der Waals surface area contributed by atoms with E-state index in [0.717, 1.165) is 43.3 Å². The standard InChI is InChI=1S/C14H24N4OS/c1-3-5-6-17(7-9-19)13-12(11-15-4-2)18-8-10-20-14(18)16-13/h8,10,15,19H,3-7,9,11H2,1-2H3. The minimum Gasteiger partial charge on any atom is -0.395 e. The van der Waals surface area contributed by atoms with E-state index in [1.54, 1.807) is 11.3 Å². The van der Waals surface area contributed by atoms with Crippen LogP contribution in [0, 0.1) is 0 Å². The molecule has 0 atom stereocenters. The molecule has 20 heavy (non-hydrogen) atoms. The number of aliphatic hydroxyl groups is 1. The molecule has 0 bridgehead atoms. The van der Waals surface area contributed by atoms with E-state index in [2.05, 4.69) is 40.0 Å². The van der Waals surface area contributed by atoms with Crippen molar-refractivity contribution in [3.8, 4) is 0 Å². The maximum Gasteiger partial charge on any atom is 0.195 e. The van der Waals surface area contributed by atoms with Crippen LogP contribution in [0.4, 0.5) is 5.82 Å². The summed E-state index contributed by atoms with van der Waals surface area (Å²) >= 11 is 1.65. The molecule has 0 aliphatic carbocycles. The molecule has 0 spiro atoms. The minimum atomic E-state index is 0.162. The summed E-state index contributed by atoms with van der Waals surface area (Å²) in [6, 6.07) is 0. The van der Waals surface area contributed by atoms with Crippen molar-refractivity contribution in [2.45, 2.75) is 33.2 Å². The molecule has 2 N–H and O–H groups in total. The number of thiazole rings is 1. The number of hydrogen-bond donors (Lipinski definition) is 2. The summed E-state index contributed by atoms with van der Waals surface area (Å²) in [5.74, 6) is 1.01. The van der Waals surface area contributed by atoms with Gasteiger partial charge in [0.2, 0.25) is 0 Å². The van der Waals surface area contributed by atoms with Gasteiger partial charge in [-0.3, -0.25) is 4.40 Å². The zero-order chi connectivity index (χ0) is 14.4. The van der Waals surface area contributed by atoms with Gasteiger partial charge in [0.25, 0.3) is 0 Å². The Hall–Kier alpha value is -1.11. The van der Waals surface area contributed by atoms with Crippen LogP contribution in [0.2, 0.25) is 0 Å². The lowest BCUT2D eigenvalue weighted by Crippen LogP contribution is -2.29. The molecular formula is C14H24N4OS. The van der Waals surface area contributed by atoms with E-state index in [1.807, 2.05) is 0 Å². The van der Waals surface area contributed by atoms with Crippen LogP contribution in [-0.2, 0) is 6.54 Å². The highest BCUT2D eigenvalue weighted by atomic mass is 32.1. The van der Waals surface area contributed by atoms with Crippen LogP contribution in [0.15, 0.2) is 11.6 Å². The molecule has 2 rings (SSSR count). The molecule has 0 fully saturated rings. The highest BCUT2D eigenvalue weighted by molar-refractivity contribution is 7.15. The lowest BCUT2D eigenvalue weighted by molar-refractivity contribution is 0.301. The predicted octanol–water partition coefficient (Wildman–Crippen LogP) is 2.10. The van der Waals surface area contributed by atoms with Gasteiger partial charge in [-0.15, -0.1) is 11.3 Å². The Morgan fingerprint density at radius 2 is 2.25 bits per heavy atom. The van der Waals surface area contributed by atoms with Crippen LogP contribution in [0.5, 0.6) is 0 Å². The first kappa shape index (κ1) is 15.3. The van der Waals surface area contributed by atoms with Gasteiger partial charge in [0.15, 0.2) is 10.8 Å². The molecule has 0 saturated heterocycles. The quantitative estimate of drug-likeness (QED) is 0.744. The second-order valence-corrected chi connectivity index (χ2v) is 5.66. The first-order valence-electron chi connectivity index (χ1n) is 7.32. The van der Waals surface area contributed by atoms with Gasteiger partial charge in [0.1, 0.15) is 0 Å². The first-order valence-corrected chi connectivity index (χ1v) is 8.20. The van der Waals surface area contributed by atoms with E-state index < -0.39 is 0 Å². The number of nitrogens with one attached hydrogen (secondary N) is 1. The summed E-state index contributed by atoms with van der Waals surface area (Å²) in [6.07, 6.45) is 4.33. The van der Waals surface area contributed by atoms with Gasteiger partial charge >= 0.3 is 0 Å². The molecule has 2 aromatic heterocycles. The van der Waals surface area contributed by atoms with E-state index >= 15 is 0 Å². The maximum absolute atomic E-state index is 9.30. The molecule has 0 aliphatic rings. The molecule has 0 saturated carbocycles. The fourth-order valence-electron chi connectivity index (χ4n) is 2.28. The number of unbranched alkanes of at least 4 members (excludes halogenated alkanes) is 1. The van der Waals surface area contributed by atoms with E-state index in [-0.39, 0.29) is 6.61 Å². The van der Waals surface area contributed by atoms with E-state index in [0.29, 0.717) is 6.54 Å². The lowest BCUT2D eigenvalue weighted by Gasteiger charge is -2.22. The molecule has 0 unspecified atom stereocenters. The molecule has 0 aromatic carbocycles. The van der Waals surface area contributed by atoms with E-state index in [1.165, 1.54) is 5.69 Å². The smallest absolute Gasteiger partial charge is 0.195 e. The number of imidazole rings is 1.